The summed E-state index contributed by atoms with van der Waals surface area (Å²) in [6.07, 6.45) is 1.75. The van der Waals surface area contributed by atoms with Gasteiger partial charge in [-0.25, -0.2) is 0 Å². The summed E-state index contributed by atoms with van der Waals surface area (Å²) < 4.78 is 11.5. The Balaban J connectivity index is 1.95. The van der Waals surface area contributed by atoms with Crippen molar-refractivity contribution in [3.63, 3.8) is 0 Å². The van der Waals surface area contributed by atoms with Crippen molar-refractivity contribution in [2.45, 2.75) is 59.3 Å². The zero-order chi connectivity index (χ0) is 21.1. The average Bonchev–Trinajstić information content (AvgIpc) is 2.57. The van der Waals surface area contributed by atoms with Crippen molar-refractivity contribution in [3.05, 3.63) is 46.4 Å². The quantitative estimate of drug-likeness (QED) is 0.760. The number of ether oxygens (including phenoxy) is 2. The minimum atomic E-state index is -0.615. The van der Waals surface area contributed by atoms with Gasteiger partial charge in [-0.1, -0.05) is 27.7 Å². The molecule has 0 spiro atoms. The van der Waals surface area contributed by atoms with Crippen LogP contribution in [0.4, 0.5) is 0 Å². The van der Waals surface area contributed by atoms with E-state index in [-0.39, 0.29) is 28.2 Å². The SMILES string of the molecule is COc1ccc2c(c1)[C@H](C1=C(O)CC(C)(C)CC1=O)C1=C(CC(C)(C)CC1=O)O2. The van der Waals surface area contributed by atoms with Gasteiger partial charge in [0.05, 0.1) is 13.0 Å². The highest BCUT2D eigenvalue weighted by Crippen LogP contribution is 2.53. The molecule has 0 aromatic heterocycles. The van der Waals surface area contributed by atoms with Crippen LogP contribution in [-0.4, -0.2) is 23.8 Å². The number of aliphatic hydroxyl groups excluding tert-OH is 1. The number of hydrogen-bond acceptors (Lipinski definition) is 5. The number of carbonyl (C=O) groups is 2. The third-order valence-corrected chi connectivity index (χ3v) is 6.11. The van der Waals surface area contributed by atoms with E-state index in [9.17, 15) is 14.7 Å². The number of ketones is 2. The number of hydrogen-bond donors (Lipinski definition) is 1. The molecule has 5 heteroatoms. The van der Waals surface area contributed by atoms with Gasteiger partial charge in [-0.3, -0.25) is 9.59 Å². The molecule has 1 aliphatic heterocycles. The number of Topliss-reactive ketones (excluding diaryl/α,β-unsaturated/α-hetero) is 2. The average molecular weight is 396 g/mol. The third kappa shape index (κ3) is 3.37. The molecule has 1 aromatic rings. The van der Waals surface area contributed by atoms with E-state index in [1.807, 2.05) is 39.8 Å². The van der Waals surface area contributed by atoms with E-state index in [1.165, 1.54) is 0 Å². The van der Waals surface area contributed by atoms with E-state index in [1.54, 1.807) is 13.2 Å². The molecular formula is C24H28O5. The standard InChI is InChI=1S/C24H28O5/c1-23(2)9-15(25)21(16(26)10-23)20-14-8-13(28-5)6-7-18(14)29-19-12-24(3,4)11-17(27)22(19)20/h6-8,20,25H,9-12H2,1-5H3/t20-/m1/s1. The molecule has 3 aliphatic rings. The first-order valence-corrected chi connectivity index (χ1v) is 10.1. The molecule has 5 nitrogen and oxygen atoms in total. The fourth-order valence-corrected chi connectivity index (χ4v) is 4.88. The highest BCUT2D eigenvalue weighted by molar-refractivity contribution is 6.06. The smallest absolute Gasteiger partial charge is 0.163 e. The summed E-state index contributed by atoms with van der Waals surface area (Å²) in [7, 11) is 1.57. The van der Waals surface area contributed by atoms with Gasteiger partial charge in [-0.05, 0) is 29.0 Å². The molecular weight excluding hydrogens is 368 g/mol. The molecule has 0 radical (unpaired) electrons. The van der Waals surface area contributed by atoms with Crippen molar-refractivity contribution in [2.75, 3.05) is 7.11 Å². The van der Waals surface area contributed by atoms with Crippen LogP contribution in [0.15, 0.2) is 40.9 Å². The molecule has 2 aliphatic carbocycles. The van der Waals surface area contributed by atoms with E-state index in [4.69, 9.17) is 9.47 Å². The van der Waals surface area contributed by atoms with Gasteiger partial charge >= 0.3 is 0 Å². The Bertz CT molecular complexity index is 977. The van der Waals surface area contributed by atoms with Crippen LogP contribution in [-0.2, 0) is 9.59 Å². The molecule has 29 heavy (non-hydrogen) atoms. The molecule has 0 bridgehead atoms. The van der Waals surface area contributed by atoms with Gasteiger partial charge in [0.25, 0.3) is 0 Å². The monoisotopic (exact) mass is 396 g/mol. The molecule has 4 rings (SSSR count). The van der Waals surface area contributed by atoms with Crippen LogP contribution in [0.25, 0.3) is 0 Å². The predicted octanol–water partition coefficient (Wildman–Crippen LogP) is 5.02. The van der Waals surface area contributed by atoms with Crippen LogP contribution < -0.4 is 9.47 Å². The second kappa shape index (κ2) is 6.48. The molecule has 1 heterocycles. The zero-order valence-electron chi connectivity index (χ0n) is 17.7. The number of fused-ring (bicyclic) bond motifs is 1. The van der Waals surface area contributed by atoms with Crippen LogP contribution in [0, 0.1) is 10.8 Å². The fraction of sp³-hybridized carbons (Fsp3) is 0.500. The van der Waals surface area contributed by atoms with Gasteiger partial charge < -0.3 is 14.6 Å². The van der Waals surface area contributed by atoms with Crippen LogP contribution in [0.5, 0.6) is 11.5 Å². The van der Waals surface area contributed by atoms with Crippen LogP contribution in [0.2, 0.25) is 0 Å². The number of allylic oxidation sites excluding steroid dienone is 4. The summed E-state index contributed by atoms with van der Waals surface area (Å²) in [5.41, 5.74) is 1.04. The first-order chi connectivity index (χ1) is 13.5. The van der Waals surface area contributed by atoms with Gasteiger partial charge in [-0.15, -0.1) is 0 Å². The Morgan fingerprint density at radius 3 is 2.21 bits per heavy atom. The largest absolute Gasteiger partial charge is 0.512 e. The Kier molecular flexibility index (Phi) is 4.41. The van der Waals surface area contributed by atoms with E-state index in [0.29, 0.717) is 59.7 Å². The topological polar surface area (TPSA) is 72.8 Å². The molecule has 0 unspecified atom stereocenters. The van der Waals surface area contributed by atoms with Crippen molar-refractivity contribution < 1.29 is 24.2 Å². The summed E-state index contributed by atoms with van der Waals surface area (Å²) in [5.74, 6) is 1.18. The van der Waals surface area contributed by atoms with E-state index >= 15 is 0 Å². The Hall–Kier alpha value is -2.56. The molecule has 1 N–H and O–H groups in total. The molecule has 0 amide bonds. The number of aliphatic hydroxyl groups is 1. The Morgan fingerprint density at radius 2 is 1.59 bits per heavy atom. The first kappa shape index (κ1) is 19.7. The predicted molar refractivity (Wildman–Crippen MR) is 109 cm³/mol. The van der Waals surface area contributed by atoms with E-state index < -0.39 is 5.92 Å². The third-order valence-electron chi connectivity index (χ3n) is 6.11. The highest BCUT2D eigenvalue weighted by atomic mass is 16.5. The lowest BCUT2D eigenvalue weighted by Gasteiger charge is -2.40. The summed E-state index contributed by atoms with van der Waals surface area (Å²) in [4.78, 5) is 26.4. The molecule has 0 saturated heterocycles. The van der Waals surface area contributed by atoms with Crippen molar-refractivity contribution in [1.29, 1.82) is 0 Å². The minimum absolute atomic E-state index is 0.0207. The molecule has 1 atom stereocenters. The summed E-state index contributed by atoms with van der Waals surface area (Å²) in [6, 6.07) is 5.42. The minimum Gasteiger partial charge on any atom is -0.512 e. The second-order valence-corrected chi connectivity index (χ2v) is 10.0. The van der Waals surface area contributed by atoms with Gasteiger partial charge in [-0.2, -0.15) is 0 Å². The normalized spacial score (nSPS) is 25.3. The van der Waals surface area contributed by atoms with Crippen molar-refractivity contribution in [1.82, 2.24) is 0 Å². The lowest BCUT2D eigenvalue weighted by molar-refractivity contribution is -0.119. The van der Waals surface area contributed by atoms with Gasteiger partial charge in [0, 0.05) is 42.4 Å². The Labute approximate surface area is 171 Å². The van der Waals surface area contributed by atoms with E-state index in [0.717, 1.165) is 0 Å². The lowest BCUT2D eigenvalue weighted by atomic mass is 9.66. The molecule has 154 valence electrons. The molecule has 1 aromatic carbocycles. The fourth-order valence-electron chi connectivity index (χ4n) is 4.88. The first-order valence-electron chi connectivity index (χ1n) is 10.1. The van der Waals surface area contributed by atoms with Crippen LogP contribution >= 0.6 is 0 Å². The Morgan fingerprint density at radius 1 is 0.966 bits per heavy atom. The molecule has 0 saturated carbocycles. The maximum Gasteiger partial charge on any atom is 0.163 e. The van der Waals surface area contributed by atoms with Crippen molar-refractivity contribution >= 4 is 11.6 Å². The van der Waals surface area contributed by atoms with Gasteiger partial charge in [0.1, 0.15) is 23.0 Å². The lowest BCUT2D eigenvalue weighted by Crippen LogP contribution is -2.36. The number of methoxy groups -OCH3 is 1. The summed E-state index contributed by atoms with van der Waals surface area (Å²) in [6.45, 7) is 8.03. The highest BCUT2D eigenvalue weighted by Gasteiger charge is 2.46. The maximum atomic E-state index is 13.2. The number of carbonyl (C=O) groups excluding carboxylic acids is 2. The maximum absolute atomic E-state index is 13.2. The number of rotatable bonds is 2. The second-order valence-electron chi connectivity index (χ2n) is 10.0. The zero-order valence-corrected chi connectivity index (χ0v) is 17.7. The van der Waals surface area contributed by atoms with Gasteiger partial charge in [0.2, 0.25) is 0 Å². The van der Waals surface area contributed by atoms with Gasteiger partial charge in [0.15, 0.2) is 11.6 Å². The number of benzene rings is 1. The van der Waals surface area contributed by atoms with Crippen molar-refractivity contribution in [2.24, 2.45) is 10.8 Å². The van der Waals surface area contributed by atoms with Crippen LogP contribution in [0.1, 0.15) is 64.9 Å². The van der Waals surface area contributed by atoms with Crippen LogP contribution in [0.3, 0.4) is 0 Å². The van der Waals surface area contributed by atoms with Crippen molar-refractivity contribution in [3.8, 4) is 11.5 Å². The molecule has 0 fully saturated rings. The summed E-state index contributed by atoms with van der Waals surface area (Å²) in [5, 5.41) is 10.9. The van der Waals surface area contributed by atoms with E-state index in [2.05, 4.69) is 0 Å². The summed E-state index contributed by atoms with van der Waals surface area (Å²) >= 11 is 0.